The number of aromatic amines is 1. The Hall–Kier alpha value is -2.83. The monoisotopic (exact) mass is 541 g/mol. The molecule has 1 aromatic carbocycles. The third-order valence-electron chi connectivity index (χ3n) is 5.92. The van der Waals surface area contributed by atoms with Crippen LogP contribution >= 0.6 is 7.75 Å². The van der Waals surface area contributed by atoms with E-state index < -0.39 is 67.0 Å². The number of H-pyrrole nitrogens is 1. The first kappa shape index (κ1) is 27.2. The van der Waals surface area contributed by atoms with Crippen molar-refractivity contribution in [3.05, 3.63) is 63.2 Å². The number of ether oxygens (including phenoxy) is 2. The fourth-order valence-electron chi connectivity index (χ4n) is 4.08. The van der Waals surface area contributed by atoms with Crippen molar-refractivity contribution in [1.82, 2.24) is 14.6 Å². The first-order valence-electron chi connectivity index (χ1n) is 11.8. The van der Waals surface area contributed by atoms with Gasteiger partial charge in [-0.25, -0.2) is 9.36 Å². The summed E-state index contributed by atoms with van der Waals surface area (Å²) in [5, 5.41) is 13.4. The highest BCUT2D eigenvalue weighted by Crippen LogP contribution is 2.59. The average molecular weight is 541 g/mol. The lowest BCUT2D eigenvalue weighted by Crippen LogP contribution is -2.42. The van der Waals surface area contributed by atoms with Gasteiger partial charge >= 0.3 is 19.4 Å². The number of carbonyl (C=O) groups is 1. The van der Waals surface area contributed by atoms with E-state index in [-0.39, 0.29) is 12.2 Å². The van der Waals surface area contributed by atoms with Crippen LogP contribution in [0.3, 0.4) is 0 Å². The van der Waals surface area contributed by atoms with Crippen molar-refractivity contribution in [1.29, 1.82) is 0 Å². The number of aliphatic hydroxyl groups is 1. The molecule has 2 aliphatic rings. The predicted molar refractivity (Wildman–Crippen MR) is 127 cm³/mol. The number of benzene rings is 1. The zero-order valence-electron chi connectivity index (χ0n) is 20.5. The Bertz CT molecular complexity index is 1290. The smallest absolute Gasteiger partial charge is 0.460 e. The summed E-state index contributed by atoms with van der Waals surface area (Å²) in [4.78, 5) is 37.8. The van der Waals surface area contributed by atoms with Gasteiger partial charge in [0.2, 0.25) is 5.82 Å². The highest BCUT2D eigenvalue weighted by molar-refractivity contribution is 7.52. The third-order valence-corrected chi connectivity index (χ3v) is 7.68. The predicted octanol–water partition coefficient (Wildman–Crippen LogP) is 1.99. The van der Waals surface area contributed by atoms with E-state index in [9.17, 15) is 28.4 Å². The number of aromatic nitrogens is 2. The lowest BCUT2D eigenvalue weighted by molar-refractivity contribution is -0.149. The Morgan fingerprint density at radius 2 is 1.95 bits per heavy atom. The molecule has 2 aromatic rings. The molecule has 4 rings (SSSR count). The van der Waals surface area contributed by atoms with E-state index in [0.717, 1.165) is 4.57 Å². The molecule has 1 aliphatic heterocycles. The summed E-state index contributed by atoms with van der Waals surface area (Å²) in [6.45, 7) is 4.80. The lowest BCUT2D eigenvalue weighted by atomic mass is 10.1. The number of hydrogen-bond donors (Lipinski definition) is 3. The maximum Gasteiger partial charge on any atom is 0.460 e. The molecule has 0 bridgehead atoms. The maximum atomic E-state index is 13.9. The topological polar surface area (TPSA) is 158 Å². The molecule has 1 saturated carbocycles. The normalized spacial score (nSPS) is 24.9. The Kier molecular flexibility index (Phi) is 7.72. The lowest BCUT2D eigenvalue weighted by Gasteiger charge is -2.31. The van der Waals surface area contributed by atoms with E-state index >= 15 is 0 Å². The van der Waals surface area contributed by atoms with E-state index in [1.807, 2.05) is 4.98 Å². The van der Waals surface area contributed by atoms with Gasteiger partial charge in [0.15, 0.2) is 0 Å². The molecule has 202 valence electrons. The zero-order chi connectivity index (χ0) is 27.0. The van der Waals surface area contributed by atoms with Gasteiger partial charge in [0, 0.05) is 6.42 Å². The highest BCUT2D eigenvalue weighted by atomic mass is 31.2. The van der Waals surface area contributed by atoms with E-state index in [2.05, 4.69) is 5.09 Å². The van der Waals surface area contributed by atoms with Gasteiger partial charge < -0.3 is 19.1 Å². The van der Waals surface area contributed by atoms with Gasteiger partial charge in [-0.1, -0.05) is 18.2 Å². The minimum Gasteiger partial charge on any atom is -0.462 e. The molecule has 0 spiro atoms. The molecule has 0 unspecified atom stereocenters. The largest absolute Gasteiger partial charge is 0.462 e. The minimum absolute atomic E-state index is 0.116. The van der Waals surface area contributed by atoms with Gasteiger partial charge in [-0.15, -0.1) is 0 Å². The third kappa shape index (κ3) is 6.19. The van der Waals surface area contributed by atoms with Gasteiger partial charge in [0.05, 0.1) is 18.4 Å². The summed E-state index contributed by atoms with van der Waals surface area (Å²) in [7, 11) is -4.27. The van der Waals surface area contributed by atoms with Crippen LogP contribution in [0.5, 0.6) is 5.75 Å². The second kappa shape index (κ2) is 10.5. The number of halogens is 1. The van der Waals surface area contributed by atoms with E-state index in [0.29, 0.717) is 19.0 Å². The first-order chi connectivity index (χ1) is 17.4. The molecule has 2 heterocycles. The second-order valence-corrected chi connectivity index (χ2v) is 11.0. The molecular weight excluding hydrogens is 512 g/mol. The van der Waals surface area contributed by atoms with Crippen LogP contribution in [0.1, 0.15) is 46.3 Å². The second-order valence-electron chi connectivity index (χ2n) is 9.35. The maximum absolute atomic E-state index is 13.9. The van der Waals surface area contributed by atoms with Crippen molar-refractivity contribution in [3.8, 4) is 5.75 Å². The van der Waals surface area contributed by atoms with Crippen molar-refractivity contribution in [3.63, 3.8) is 0 Å². The van der Waals surface area contributed by atoms with E-state index in [4.69, 9.17) is 18.5 Å². The molecule has 0 radical (unpaired) electrons. The zero-order valence-corrected chi connectivity index (χ0v) is 21.4. The molecule has 37 heavy (non-hydrogen) atoms. The number of para-hydroxylation sites is 1. The van der Waals surface area contributed by atoms with Crippen LogP contribution < -0.4 is 20.9 Å². The van der Waals surface area contributed by atoms with Crippen molar-refractivity contribution >= 4 is 13.7 Å². The number of aliphatic hydroxyl groups excluding tert-OH is 1. The quantitative estimate of drug-likeness (QED) is 0.300. The summed E-state index contributed by atoms with van der Waals surface area (Å²) >= 11 is 0. The molecule has 3 N–H and O–H groups in total. The molecule has 2 fully saturated rings. The highest BCUT2D eigenvalue weighted by Gasteiger charge is 2.61. The fourth-order valence-corrected chi connectivity index (χ4v) is 5.97. The fraction of sp³-hybridized carbons (Fsp3) is 0.522. The van der Waals surface area contributed by atoms with Crippen LogP contribution in [0.15, 0.2) is 46.1 Å². The molecule has 5 atom stereocenters. The number of esters is 1. The Balaban J connectivity index is 1.57. The average Bonchev–Trinajstić information content (AvgIpc) is 3.47. The SMILES string of the molecule is CC(C)OC(=O)[C@H](C)N[P@@](=O)(Oc1ccccc1)OC1([C@H]2O[C@@H](n3cc(F)c(=O)[nH]c3=O)C[C@@H]2O)CC1. The summed E-state index contributed by atoms with van der Waals surface area (Å²) in [6.07, 6.45) is -2.52. The van der Waals surface area contributed by atoms with Gasteiger partial charge in [-0.2, -0.15) is 9.48 Å². The Labute approximate surface area is 211 Å². The van der Waals surface area contributed by atoms with Crippen molar-refractivity contribution < 1.29 is 37.4 Å². The minimum atomic E-state index is -4.27. The number of carbonyl (C=O) groups excluding carboxylic acids is 1. The van der Waals surface area contributed by atoms with Crippen LogP contribution in [-0.4, -0.2) is 50.6 Å². The van der Waals surface area contributed by atoms with Crippen molar-refractivity contribution in [2.45, 2.75) is 76.2 Å². The van der Waals surface area contributed by atoms with Crippen LogP contribution in [0.2, 0.25) is 0 Å². The Morgan fingerprint density at radius 1 is 1.27 bits per heavy atom. The van der Waals surface area contributed by atoms with Crippen LogP contribution in [0.25, 0.3) is 0 Å². The molecule has 1 aliphatic carbocycles. The molecule has 14 heteroatoms. The van der Waals surface area contributed by atoms with Crippen LogP contribution in [0, 0.1) is 5.82 Å². The van der Waals surface area contributed by atoms with Gasteiger partial charge in [0.1, 0.15) is 29.7 Å². The summed E-state index contributed by atoms with van der Waals surface area (Å²) < 4.78 is 51.3. The summed E-state index contributed by atoms with van der Waals surface area (Å²) in [5.74, 6) is -1.65. The van der Waals surface area contributed by atoms with Crippen LogP contribution in [0.4, 0.5) is 4.39 Å². The molecule has 1 saturated heterocycles. The van der Waals surface area contributed by atoms with Crippen molar-refractivity contribution in [2.24, 2.45) is 0 Å². The number of nitrogens with zero attached hydrogens (tertiary/aromatic N) is 1. The molecule has 0 amide bonds. The number of nitrogens with one attached hydrogen (secondary N) is 2. The van der Waals surface area contributed by atoms with Gasteiger partial charge in [-0.3, -0.25) is 23.7 Å². The molecule has 1 aromatic heterocycles. The first-order valence-corrected chi connectivity index (χ1v) is 13.3. The molecular formula is C23H29FN3O9P. The number of rotatable bonds is 10. The Morgan fingerprint density at radius 3 is 2.57 bits per heavy atom. The van der Waals surface area contributed by atoms with Gasteiger partial charge in [0.25, 0.3) is 5.56 Å². The summed E-state index contributed by atoms with van der Waals surface area (Å²) in [5.41, 5.74) is -3.36. The van der Waals surface area contributed by atoms with Crippen molar-refractivity contribution in [2.75, 3.05) is 0 Å². The van der Waals surface area contributed by atoms with E-state index in [1.165, 1.54) is 6.92 Å². The van der Waals surface area contributed by atoms with Gasteiger partial charge in [-0.05, 0) is 45.7 Å². The summed E-state index contributed by atoms with van der Waals surface area (Å²) in [6, 6.07) is 7.11. The van der Waals surface area contributed by atoms with Crippen LogP contribution in [-0.2, 0) is 23.4 Å². The molecule has 12 nitrogen and oxygen atoms in total. The standard InChI is InChI=1S/C23H29FN3O9P/c1-13(2)33-21(30)14(3)26-37(32,35-15-7-5-4-6-8-15)36-23(9-10-23)19-17(28)11-18(34-19)27-12-16(24)20(29)25-22(27)31/h4-8,12-14,17-19,28H,9-11H2,1-3H3,(H,26,32)(H,25,29,31)/t14-,17-,18+,19-,37+/m0/s1. The number of hydrogen-bond acceptors (Lipinski definition) is 9. The van der Waals surface area contributed by atoms with E-state index in [1.54, 1.807) is 44.2 Å².